The van der Waals surface area contributed by atoms with Crippen molar-refractivity contribution in [3.63, 3.8) is 0 Å². The van der Waals surface area contributed by atoms with Gasteiger partial charge in [-0.25, -0.2) is 13.8 Å². The first-order valence-corrected chi connectivity index (χ1v) is 13.7. The van der Waals surface area contributed by atoms with Crippen molar-refractivity contribution in [2.24, 2.45) is 5.92 Å². The monoisotopic (exact) mass is 511 g/mol. The third-order valence-electron chi connectivity index (χ3n) is 7.84. The zero-order valence-electron chi connectivity index (χ0n) is 20.3. The summed E-state index contributed by atoms with van der Waals surface area (Å²) in [5, 5.41) is 4.91. The van der Waals surface area contributed by atoms with E-state index >= 15 is 0 Å². The summed E-state index contributed by atoms with van der Waals surface area (Å²) in [6.07, 6.45) is 8.15. The van der Waals surface area contributed by atoms with E-state index in [2.05, 4.69) is 15.2 Å². The van der Waals surface area contributed by atoms with Gasteiger partial charge in [-0.2, -0.15) is 0 Å². The average Bonchev–Trinajstić information content (AvgIpc) is 3.29. The number of nitrogens with zero attached hydrogens (tertiary/aromatic N) is 4. The summed E-state index contributed by atoms with van der Waals surface area (Å²) < 4.78 is 26.4. The van der Waals surface area contributed by atoms with Crippen LogP contribution in [0.3, 0.4) is 0 Å². The molecule has 2 fully saturated rings. The van der Waals surface area contributed by atoms with E-state index in [0.717, 1.165) is 79.9 Å². The Kier molecular flexibility index (Phi) is 6.37. The molecule has 36 heavy (non-hydrogen) atoms. The standard InChI is InChI=1S/C27H31F2N5OS/c28-27(29)16-34(17-27)26-32-23-15-33(14-11-24(23)36-26)13-10-18-6-8-19(9-7-18)31-25(35)21-3-1-5-22-20(21)4-2-12-30-22/h1-5,12,18-19H,6-11,13-17H2,(H,31,35). The molecule has 0 atom stereocenters. The largest absolute Gasteiger partial charge is 0.349 e. The highest BCUT2D eigenvalue weighted by molar-refractivity contribution is 7.15. The van der Waals surface area contributed by atoms with Gasteiger partial charge in [0.15, 0.2) is 5.13 Å². The number of hydrogen-bond acceptors (Lipinski definition) is 6. The summed E-state index contributed by atoms with van der Waals surface area (Å²) in [6, 6.07) is 9.74. The van der Waals surface area contributed by atoms with Gasteiger partial charge in [0.05, 0.1) is 24.3 Å². The van der Waals surface area contributed by atoms with Gasteiger partial charge in [0.1, 0.15) is 0 Å². The Hall–Kier alpha value is -2.65. The Morgan fingerprint density at radius 3 is 2.78 bits per heavy atom. The number of alkyl halides is 2. The SMILES string of the molecule is O=C(NC1CCC(CCN2CCc3sc(N4CC(F)(F)C4)nc3C2)CC1)c1cccc2ncccc12. The van der Waals surface area contributed by atoms with Crippen LogP contribution in [-0.2, 0) is 13.0 Å². The lowest BCUT2D eigenvalue weighted by Gasteiger charge is -2.38. The van der Waals surface area contributed by atoms with Crippen molar-refractivity contribution in [2.75, 3.05) is 31.1 Å². The fraction of sp³-hybridized carbons (Fsp3) is 0.519. The molecule has 1 aliphatic carbocycles. The van der Waals surface area contributed by atoms with E-state index < -0.39 is 5.92 Å². The molecule has 2 aromatic heterocycles. The summed E-state index contributed by atoms with van der Waals surface area (Å²) in [6.45, 7) is 2.47. The first-order valence-electron chi connectivity index (χ1n) is 12.9. The van der Waals surface area contributed by atoms with Gasteiger partial charge in [-0.1, -0.05) is 12.1 Å². The minimum atomic E-state index is -2.56. The minimum absolute atomic E-state index is 0.00857. The van der Waals surface area contributed by atoms with E-state index in [4.69, 9.17) is 4.98 Å². The number of aromatic nitrogens is 2. The summed E-state index contributed by atoms with van der Waals surface area (Å²) in [4.78, 5) is 27.4. The summed E-state index contributed by atoms with van der Waals surface area (Å²) >= 11 is 1.59. The average molecular weight is 512 g/mol. The lowest BCUT2D eigenvalue weighted by molar-refractivity contribution is -0.0263. The van der Waals surface area contributed by atoms with Crippen molar-refractivity contribution in [1.82, 2.24) is 20.2 Å². The summed E-state index contributed by atoms with van der Waals surface area (Å²) in [5.41, 5.74) is 2.61. The van der Waals surface area contributed by atoms with Crippen LogP contribution < -0.4 is 10.2 Å². The van der Waals surface area contributed by atoms with Crippen molar-refractivity contribution in [3.05, 3.63) is 52.7 Å². The number of hydrogen-bond donors (Lipinski definition) is 1. The third-order valence-corrected chi connectivity index (χ3v) is 9.05. The highest BCUT2D eigenvalue weighted by atomic mass is 32.1. The second-order valence-electron chi connectivity index (χ2n) is 10.5. The number of amides is 1. The molecule has 1 saturated carbocycles. The molecule has 1 amide bonds. The molecule has 1 N–H and O–H groups in total. The van der Waals surface area contributed by atoms with Gasteiger partial charge in [-0.15, -0.1) is 11.3 Å². The van der Waals surface area contributed by atoms with Crippen molar-refractivity contribution >= 4 is 33.3 Å². The number of rotatable bonds is 6. The van der Waals surface area contributed by atoms with Crippen LogP contribution in [0.15, 0.2) is 36.5 Å². The molecule has 0 bridgehead atoms. The Labute approximate surface area is 213 Å². The highest BCUT2D eigenvalue weighted by Crippen LogP contribution is 2.37. The Balaban J connectivity index is 0.960. The molecule has 0 spiro atoms. The first kappa shape index (κ1) is 23.7. The second kappa shape index (κ2) is 9.67. The van der Waals surface area contributed by atoms with Gasteiger partial charge in [0.25, 0.3) is 11.8 Å². The first-order chi connectivity index (χ1) is 17.4. The van der Waals surface area contributed by atoms with Crippen LogP contribution in [0, 0.1) is 5.92 Å². The molecular formula is C27H31F2N5OS. The van der Waals surface area contributed by atoms with Gasteiger partial charge in [-0.05, 0) is 69.2 Å². The van der Waals surface area contributed by atoms with E-state index in [9.17, 15) is 13.6 Å². The molecule has 3 aromatic rings. The Morgan fingerprint density at radius 2 is 1.97 bits per heavy atom. The zero-order chi connectivity index (χ0) is 24.7. The summed E-state index contributed by atoms with van der Waals surface area (Å²) in [5.74, 6) is -1.89. The molecule has 4 heterocycles. The fourth-order valence-electron chi connectivity index (χ4n) is 5.74. The second-order valence-corrected chi connectivity index (χ2v) is 11.5. The van der Waals surface area contributed by atoms with E-state index in [0.29, 0.717) is 11.5 Å². The number of halogens is 2. The lowest BCUT2D eigenvalue weighted by Crippen LogP contribution is -2.56. The van der Waals surface area contributed by atoms with Crippen LogP contribution in [0.4, 0.5) is 13.9 Å². The molecular weight excluding hydrogens is 480 g/mol. The van der Waals surface area contributed by atoms with Gasteiger partial charge in [0, 0.05) is 41.2 Å². The van der Waals surface area contributed by atoms with Crippen molar-refractivity contribution in [1.29, 1.82) is 0 Å². The molecule has 1 aromatic carbocycles. The van der Waals surface area contributed by atoms with Crippen LogP contribution in [0.25, 0.3) is 10.9 Å². The van der Waals surface area contributed by atoms with Crippen LogP contribution in [0.2, 0.25) is 0 Å². The van der Waals surface area contributed by atoms with E-state index in [-0.39, 0.29) is 25.0 Å². The lowest BCUT2D eigenvalue weighted by atomic mass is 9.84. The minimum Gasteiger partial charge on any atom is -0.349 e. The van der Waals surface area contributed by atoms with Gasteiger partial charge < -0.3 is 10.2 Å². The highest BCUT2D eigenvalue weighted by Gasteiger charge is 2.45. The normalized spacial score (nSPS) is 23.8. The predicted molar refractivity (Wildman–Crippen MR) is 138 cm³/mol. The molecule has 0 unspecified atom stereocenters. The zero-order valence-corrected chi connectivity index (χ0v) is 21.1. The Morgan fingerprint density at radius 1 is 1.14 bits per heavy atom. The quantitative estimate of drug-likeness (QED) is 0.511. The van der Waals surface area contributed by atoms with Crippen LogP contribution in [-0.4, -0.2) is 58.9 Å². The third kappa shape index (κ3) is 4.95. The van der Waals surface area contributed by atoms with Crippen LogP contribution in [0.1, 0.15) is 53.0 Å². The maximum atomic E-state index is 13.2. The van der Waals surface area contributed by atoms with E-state index in [1.807, 2.05) is 30.3 Å². The topological polar surface area (TPSA) is 61.4 Å². The number of nitrogens with one attached hydrogen (secondary N) is 1. The molecule has 3 aliphatic rings. The maximum Gasteiger partial charge on any atom is 0.282 e. The fourth-order valence-corrected chi connectivity index (χ4v) is 6.79. The molecule has 9 heteroatoms. The Bertz CT molecular complexity index is 1240. The van der Waals surface area contributed by atoms with Crippen molar-refractivity contribution < 1.29 is 13.6 Å². The number of pyridine rings is 1. The van der Waals surface area contributed by atoms with Crippen molar-refractivity contribution in [2.45, 2.75) is 57.0 Å². The van der Waals surface area contributed by atoms with Crippen LogP contribution in [0.5, 0.6) is 0 Å². The molecule has 2 aliphatic heterocycles. The molecule has 1 saturated heterocycles. The molecule has 6 nitrogen and oxygen atoms in total. The number of thiazole rings is 1. The summed E-state index contributed by atoms with van der Waals surface area (Å²) in [7, 11) is 0. The molecule has 0 radical (unpaired) electrons. The van der Waals surface area contributed by atoms with E-state index in [1.54, 1.807) is 22.4 Å². The van der Waals surface area contributed by atoms with Gasteiger partial charge >= 0.3 is 0 Å². The predicted octanol–water partition coefficient (Wildman–Crippen LogP) is 4.88. The number of carbonyl (C=O) groups excluding carboxylic acids is 1. The number of fused-ring (bicyclic) bond motifs is 2. The maximum absolute atomic E-state index is 13.2. The van der Waals surface area contributed by atoms with Crippen molar-refractivity contribution in [3.8, 4) is 0 Å². The molecule has 190 valence electrons. The molecule has 6 rings (SSSR count). The number of anilines is 1. The number of benzene rings is 1. The van der Waals surface area contributed by atoms with Crippen LogP contribution >= 0.6 is 11.3 Å². The van der Waals surface area contributed by atoms with E-state index in [1.165, 1.54) is 4.88 Å². The smallest absolute Gasteiger partial charge is 0.282 e. The van der Waals surface area contributed by atoms with Gasteiger partial charge in [0.2, 0.25) is 0 Å². The number of carbonyl (C=O) groups is 1. The van der Waals surface area contributed by atoms with Gasteiger partial charge in [-0.3, -0.25) is 14.7 Å².